The Kier molecular flexibility index (Phi) is 5.40. The first-order valence-electron chi connectivity index (χ1n) is 6.66. The highest BCUT2D eigenvalue weighted by atomic mass is 32.1. The number of carbonyl (C=O) groups excluding carboxylic acids is 1. The molecule has 21 heavy (non-hydrogen) atoms. The van der Waals surface area contributed by atoms with Crippen LogP contribution in [0.4, 0.5) is 0 Å². The Balaban J connectivity index is 2.10. The molecule has 0 fully saturated rings. The third-order valence-electron chi connectivity index (χ3n) is 3.06. The molecule has 2 aromatic rings. The zero-order valence-corrected chi connectivity index (χ0v) is 12.6. The van der Waals surface area contributed by atoms with Crippen LogP contribution in [0, 0.1) is 0 Å². The second-order valence-electron chi connectivity index (χ2n) is 4.51. The molecule has 0 aliphatic rings. The lowest BCUT2D eigenvalue weighted by molar-refractivity contribution is -0.120. The number of likely N-dealkylation sites (N-methyl/N-ethyl adjacent to an activating group) is 1. The Morgan fingerprint density at radius 2 is 1.90 bits per heavy atom. The van der Waals surface area contributed by atoms with Gasteiger partial charge in [0.25, 0.3) is 0 Å². The highest BCUT2D eigenvalue weighted by Gasteiger charge is 2.25. The summed E-state index contributed by atoms with van der Waals surface area (Å²) in [7, 11) is 1.60. The molecule has 0 radical (unpaired) electrons. The van der Waals surface area contributed by atoms with E-state index < -0.39 is 5.92 Å². The SMILES string of the molecule is CNC(=O)C(C(=S)NCc1ccccc1)c1ccccn1. The molecule has 108 valence electrons. The van der Waals surface area contributed by atoms with Gasteiger partial charge in [0.2, 0.25) is 5.91 Å². The summed E-state index contributed by atoms with van der Waals surface area (Å²) in [5, 5.41) is 5.78. The molecule has 1 aromatic carbocycles. The van der Waals surface area contributed by atoms with E-state index in [-0.39, 0.29) is 5.91 Å². The number of aromatic nitrogens is 1. The summed E-state index contributed by atoms with van der Waals surface area (Å²) in [5.41, 5.74) is 1.75. The number of benzene rings is 1. The minimum atomic E-state index is -0.574. The van der Waals surface area contributed by atoms with E-state index in [1.807, 2.05) is 42.5 Å². The Hall–Kier alpha value is -2.27. The number of carbonyl (C=O) groups is 1. The van der Waals surface area contributed by atoms with Crippen LogP contribution in [-0.4, -0.2) is 22.9 Å². The number of pyridine rings is 1. The Bertz CT molecular complexity index is 601. The Labute approximate surface area is 129 Å². The first kappa shape index (κ1) is 15.1. The van der Waals surface area contributed by atoms with Gasteiger partial charge in [0.15, 0.2) is 0 Å². The summed E-state index contributed by atoms with van der Waals surface area (Å²) in [6.45, 7) is 0.583. The van der Waals surface area contributed by atoms with Crippen molar-refractivity contribution in [3.05, 3.63) is 66.0 Å². The van der Waals surface area contributed by atoms with Crippen molar-refractivity contribution in [2.24, 2.45) is 0 Å². The lowest BCUT2D eigenvalue weighted by Gasteiger charge is -2.17. The van der Waals surface area contributed by atoms with Crippen molar-refractivity contribution in [3.8, 4) is 0 Å². The van der Waals surface area contributed by atoms with Gasteiger partial charge in [-0.1, -0.05) is 48.6 Å². The molecule has 0 saturated heterocycles. The highest BCUT2D eigenvalue weighted by molar-refractivity contribution is 7.80. The highest BCUT2D eigenvalue weighted by Crippen LogP contribution is 2.15. The van der Waals surface area contributed by atoms with Crippen molar-refractivity contribution in [3.63, 3.8) is 0 Å². The van der Waals surface area contributed by atoms with E-state index in [1.54, 1.807) is 19.3 Å². The van der Waals surface area contributed by atoms with Crippen molar-refractivity contribution in [2.75, 3.05) is 7.05 Å². The minimum Gasteiger partial charge on any atom is -0.375 e. The number of nitrogens with zero attached hydrogens (tertiary/aromatic N) is 1. The first-order valence-corrected chi connectivity index (χ1v) is 7.07. The molecule has 5 heteroatoms. The molecule has 0 spiro atoms. The monoisotopic (exact) mass is 299 g/mol. The second kappa shape index (κ2) is 7.50. The van der Waals surface area contributed by atoms with Crippen LogP contribution in [-0.2, 0) is 11.3 Å². The van der Waals surface area contributed by atoms with Gasteiger partial charge in [0.05, 0.1) is 10.7 Å². The summed E-state index contributed by atoms with van der Waals surface area (Å²) >= 11 is 5.39. The average Bonchev–Trinajstić information content (AvgIpc) is 2.55. The average molecular weight is 299 g/mol. The summed E-state index contributed by atoms with van der Waals surface area (Å²) in [5.74, 6) is -0.742. The zero-order valence-electron chi connectivity index (χ0n) is 11.7. The molecule has 2 rings (SSSR count). The van der Waals surface area contributed by atoms with Crippen LogP contribution in [0.25, 0.3) is 0 Å². The molecule has 0 saturated carbocycles. The Morgan fingerprint density at radius 1 is 1.19 bits per heavy atom. The summed E-state index contributed by atoms with van der Waals surface area (Å²) in [6.07, 6.45) is 1.66. The fourth-order valence-corrected chi connectivity index (χ4v) is 2.27. The third-order valence-corrected chi connectivity index (χ3v) is 3.44. The molecule has 1 amide bonds. The lowest BCUT2D eigenvalue weighted by atomic mass is 10.0. The van der Waals surface area contributed by atoms with E-state index in [0.717, 1.165) is 5.56 Å². The van der Waals surface area contributed by atoms with Crippen LogP contribution in [0.1, 0.15) is 17.2 Å². The van der Waals surface area contributed by atoms with Gasteiger partial charge in [-0.25, -0.2) is 0 Å². The number of thiocarbonyl (C=S) groups is 1. The van der Waals surface area contributed by atoms with Gasteiger partial charge < -0.3 is 10.6 Å². The maximum Gasteiger partial charge on any atom is 0.235 e. The molecule has 2 N–H and O–H groups in total. The largest absolute Gasteiger partial charge is 0.375 e. The summed E-state index contributed by atoms with van der Waals surface area (Å²) in [6, 6.07) is 15.4. The zero-order chi connectivity index (χ0) is 15.1. The van der Waals surface area contributed by atoms with Crippen molar-refractivity contribution < 1.29 is 4.79 Å². The molecule has 1 aromatic heterocycles. The molecule has 0 bridgehead atoms. The minimum absolute atomic E-state index is 0.167. The van der Waals surface area contributed by atoms with Gasteiger partial charge in [-0.3, -0.25) is 9.78 Å². The van der Waals surface area contributed by atoms with Crippen LogP contribution in [0.3, 0.4) is 0 Å². The summed E-state index contributed by atoms with van der Waals surface area (Å²) < 4.78 is 0. The standard InChI is InChI=1S/C16H17N3OS/c1-17-15(20)14(13-9-5-6-10-18-13)16(21)19-11-12-7-3-2-4-8-12/h2-10,14H,11H2,1H3,(H,17,20)(H,19,21). The quantitative estimate of drug-likeness (QED) is 0.830. The molecule has 0 aliphatic carbocycles. The van der Waals surface area contributed by atoms with Gasteiger partial charge >= 0.3 is 0 Å². The molecule has 1 unspecified atom stereocenters. The van der Waals surface area contributed by atoms with Crippen molar-refractivity contribution in [1.29, 1.82) is 0 Å². The third kappa shape index (κ3) is 4.10. The van der Waals surface area contributed by atoms with Crippen LogP contribution < -0.4 is 10.6 Å². The molecule has 1 atom stereocenters. The van der Waals surface area contributed by atoms with E-state index in [0.29, 0.717) is 17.2 Å². The number of rotatable bonds is 5. The van der Waals surface area contributed by atoms with E-state index >= 15 is 0 Å². The topological polar surface area (TPSA) is 54.0 Å². The first-order chi connectivity index (χ1) is 10.2. The normalized spacial score (nSPS) is 11.5. The molecule has 1 heterocycles. The molecular weight excluding hydrogens is 282 g/mol. The summed E-state index contributed by atoms with van der Waals surface area (Å²) in [4.78, 5) is 16.8. The second-order valence-corrected chi connectivity index (χ2v) is 4.95. The fraction of sp³-hybridized carbons (Fsp3) is 0.188. The molecule has 0 aliphatic heterocycles. The smallest absolute Gasteiger partial charge is 0.235 e. The van der Waals surface area contributed by atoms with E-state index in [2.05, 4.69) is 15.6 Å². The number of amides is 1. The molecule has 4 nitrogen and oxygen atoms in total. The van der Waals surface area contributed by atoms with E-state index in [1.165, 1.54) is 0 Å². The predicted molar refractivity (Wildman–Crippen MR) is 86.9 cm³/mol. The van der Waals surface area contributed by atoms with Crippen LogP contribution in [0.2, 0.25) is 0 Å². The van der Waals surface area contributed by atoms with E-state index in [4.69, 9.17) is 12.2 Å². The maximum atomic E-state index is 12.1. The van der Waals surface area contributed by atoms with Gasteiger partial charge in [-0.2, -0.15) is 0 Å². The van der Waals surface area contributed by atoms with Crippen molar-refractivity contribution in [1.82, 2.24) is 15.6 Å². The van der Waals surface area contributed by atoms with Crippen molar-refractivity contribution >= 4 is 23.1 Å². The predicted octanol–water partition coefficient (Wildman–Crippen LogP) is 2.03. The van der Waals surface area contributed by atoms with Crippen LogP contribution in [0.5, 0.6) is 0 Å². The van der Waals surface area contributed by atoms with Crippen LogP contribution >= 0.6 is 12.2 Å². The van der Waals surface area contributed by atoms with E-state index in [9.17, 15) is 4.79 Å². The maximum absolute atomic E-state index is 12.1. The van der Waals surface area contributed by atoms with Gasteiger partial charge in [-0.15, -0.1) is 0 Å². The van der Waals surface area contributed by atoms with Gasteiger partial charge in [0.1, 0.15) is 5.92 Å². The fourth-order valence-electron chi connectivity index (χ4n) is 1.97. The number of nitrogens with one attached hydrogen (secondary N) is 2. The van der Waals surface area contributed by atoms with Gasteiger partial charge in [0, 0.05) is 19.8 Å². The Morgan fingerprint density at radius 3 is 2.52 bits per heavy atom. The van der Waals surface area contributed by atoms with Crippen LogP contribution in [0.15, 0.2) is 54.7 Å². The number of hydrogen-bond acceptors (Lipinski definition) is 3. The van der Waals surface area contributed by atoms with Gasteiger partial charge in [-0.05, 0) is 17.7 Å². The number of hydrogen-bond donors (Lipinski definition) is 2. The molecular formula is C16H17N3OS. The van der Waals surface area contributed by atoms with Crippen molar-refractivity contribution in [2.45, 2.75) is 12.5 Å². The lowest BCUT2D eigenvalue weighted by Crippen LogP contribution is -2.37.